The van der Waals surface area contributed by atoms with Crippen LogP contribution in [-0.2, 0) is 19.9 Å². The van der Waals surface area contributed by atoms with Crippen LogP contribution in [0.3, 0.4) is 0 Å². The van der Waals surface area contributed by atoms with E-state index in [4.69, 9.17) is 0 Å². The molecule has 2 aromatic rings. The summed E-state index contributed by atoms with van der Waals surface area (Å²) >= 11 is 0. The number of benzene rings is 2. The quantitative estimate of drug-likeness (QED) is 0.896. The van der Waals surface area contributed by atoms with Crippen LogP contribution in [0.15, 0.2) is 52.3 Å². The Kier molecular flexibility index (Phi) is 4.81. The summed E-state index contributed by atoms with van der Waals surface area (Å²) in [5.74, 6) is -0.0279. The highest BCUT2D eigenvalue weighted by Gasteiger charge is 2.17. The molecule has 2 aromatic carbocycles. The van der Waals surface area contributed by atoms with Gasteiger partial charge >= 0.3 is 0 Å². The number of sulfonamides is 1. The number of anilines is 1. The molecule has 0 spiro atoms. The summed E-state index contributed by atoms with van der Waals surface area (Å²) < 4.78 is 50.9. The molecule has 0 aliphatic rings. The Labute approximate surface area is 137 Å². The van der Waals surface area contributed by atoms with Crippen LogP contribution >= 0.6 is 0 Å². The van der Waals surface area contributed by atoms with E-state index >= 15 is 0 Å². The van der Waals surface area contributed by atoms with Crippen molar-refractivity contribution in [3.63, 3.8) is 0 Å². The van der Waals surface area contributed by atoms with E-state index in [-0.39, 0.29) is 15.5 Å². The van der Waals surface area contributed by atoms with Gasteiger partial charge in [0.25, 0.3) is 10.0 Å². The fourth-order valence-electron chi connectivity index (χ4n) is 2.04. The van der Waals surface area contributed by atoms with Gasteiger partial charge < -0.3 is 0 Å². The molecule has 0 radical (unpaired) electrons. The fourth-order valence-corrected chi connectivity index (χ4v) is 4.05. The van der Waals surface area contributed by atoms with Gasteiger partial charge in [-0.1, -0.05) is 19.1 Å². The van der Waals surface area contributed by atoms with E-state index in [0.717, 1.165) is 11.1 Å². The van der Waals surface area contributed by atoms with Gasteiger partial charge in [0.1, 0.15) is 0 Å². The number of aryl methyl sites for hydroxylation is 2. The second kappa shape index (κ2) is 6.33. The van der Waals surface area contributed by atoms with Crippen molar-refractivity contribution in [1.29, 1.82) is 0 Å². The number of sulfone groups is 1. The third kappa shape index (κ3) is 3.92. The van der Waals surface area contributed by atoms with E-state index < -0.39 is 19.9 Å². The fraction of sp³-hybridized carbons (Fsp3) is 0.250. The van der Waals surface area contributed by atoms with Crippen molar-refractivity contribution in [2.75, 3.05) is 10.5 Å². The van der Waals surface area contributed by atoms with Crippen LogP contribution in [0.5, 0.6) is 0 Å². The number of rotatable bonds is 5. The summed E-state index contributed by atoms with van der Waals surface area (Å²) in [6, 6.07) is 10.7. The molecule has 0 heterocycles. The minimum atomic E-state index is -3.77. The van der Waals surface area contributed by atoms with Crippen LogP contribution in [0.1, 0.15) is 18.1 Å². The van der Waals surface area contributed by atoms with Gasteiger partial charge in [-0.15, -0.1) is 0 Å². The van der Waals surface area contributed by atoms with Gasteiger partial charge in [-0.25, -0.2) is 16.8 Å². The van der Waals surface area contributed by atoms with Crippen LogP contribution in [0.25, 0.3) is 0 Å². The first-order chi connectivity index (χ1) is 10.7. The van der Waals surface area contributed by atoms with Crippen molar-refractivity contribution < 1.29 is 16.8 Å². The summed E-state index contributed by atoms with van der Waals surface area (Å²) in [6.45, 7) is 5.23. The Morgan fingerprint density at radius 2 is 1.43 bits per heavy atom. The van der Waals surface area contributed by atoms with E-state index in [9.17, 15) is 16.8 Å². The topological polar surface area (TPSA) is 80.3 Å². The molecule has 0 fully saturated rings. The van der Waals surface area contributed by atoms with Gasteiger partial charge in [-0.05, 0) is 55.3 Å². The molecule has 0 aliphatic heterocycles. The van der Waals surface area contributed by atoms with Gasteiger partial charge in [0, 0.05) is 0 Å². The van der Waals surface area contributed by atoms with Crippen LogP contribution in [0.4, 0.5) is 5.69 Å². The van der Waals surface area contributed by atoms with E-state index in [1.54, 1.807) is 13.0 Å². The van der Waals surface area contributed by atoms with E-state index in [0.29, 0.717) is 5.69 Å². The molecule has 7 heteroatoms. The molecule has 2 rings (SSSR count). The monoisotopic (exact) mass is 353 g/mol. The Morgan fingerprint density at radius 3 is 2.00 bits per heavy atom. The summed E-state index contributed by atoms with van der Waals surface area (Å²) in [6.07, 6.45) is 0. The largest absolute Gasteiger partial charge is 0.279 e. The average Bonchev–Trinajstić information content (AvgIpc) is 2.51. The van der Waals surface area contributed by atoms with Crippen molar-refractivity contribution in [3.05, 3.63) is 53.6 Å². The Balaban J connectivity index is 2.35. The van der Waals surface area contributed by atoms with Crippen molar-refractivity contribution >= 4 is 25.5 Å². The second-order valence-electron chi connectivity index (χ2n) is 5.30. The standard InChI is InChI=1S/C16H19NO4S2/c1-4-22(18,19)14-7-9-15(10-8-14)23(20,21)17-16-11-12(2)5-6-13(16)3/h5-11,17H,4H2,1-3H3. The van der Waals surface area contributed by atoms with Crippen LogP contribution in [-0.4, -0.2) is 22.6 Å². The van der Waals surface area contributed by atoms with Gasteiger partial charge in [-0.3, -0.25) is 4.72 Å². The molecular formula is C16H19NO4S2. The average molecular weight is 353 g/mol. The molecular weight excluding hydrogens is 334 g/mol. The molecule has 0 atom stereocenters. The Morgan fingerprint density at radius 1 is 0.870 bits per heavy atom. The lowest BCUT2D eigenvalue weighted by atomic mass is 10.1. The zero-order valence-corrected chi connectivity index (χ0v) is 14.8. The van der Waals surface area contributed by atoms with Crippen molar-refractivity contribution in [1.82, 2.24) is 0 Å². The normalized spacial score (nSPS) is 12.1. The van der Waals surface area contributed by atoms with Gasteiger partial charge in [0.2, 0.25) is 0 Å². The summed E-state index contributed by atoms with van der Waals surface area (Å²) in [5.41, 5.74) is 2.26. The minimum Gasteiger partial charge on any atom is -0.279 e. The van der Waals surface area contributed by atoms with E-state index in [1.165, 1.54) is 24.3 Å². The Bertz CT molecular complexity index is 915. The lowest BCUT2D eigenvalue weighted by Crippen LogP contribution is -2.14. The van der Waals surface area contributed by atoms with Gasteiger partial charge in [-0.2, -0.15) is 0 Å². The highest BCUT2D eigenvalue weighted by molar-refractivity contribution is 7.92. The molecule has 0 aromatic heterocycles. The highest BCUT2D eigenvalue weighted by atomic mass is 32.2. The zero-order chi connectivity index (χ0) is 17.3. The van der Waals surface area contributed by atoms with E-state index in [1.807, 2.05) is 26.0 Å². The third-order valence-corrected chi connectivity index (χ3v) is 6.64. The highest BCUT2D eigenvalue weighted by Crippen LogP contribution is 2.22. The van der Waals surface area contributed by atoms with E-state index in [2.05, 4.69) is 4.72 Å². The number of hydrogen-bond acceptors (Lipinski definition) is 4. The maximum atomic E-state index is 12.4. The lowest BCUT2D eigenvalue weighted by Gasteiger charge is -2.12. The summed E-state index contributed by atoms with van der Waals surface area (Å²) in [7, 11) is -7.11. The predicted molar refractivity (Wildman–Crippen MR) is 90.9 cm³/mol. The smallest absolute Gasteiger partial charge is 0.261 e. The van der Waals surface area contributed by atoms with Crippen molar-refractivity contribution in [3.8, 4) is 0 Å². The number of hydrogen-bond donors (Lipinski definition) is 1. The maximum absolute atomic E-state index is 12.4. The zero-order valence-electron chi connectivity index (χ0n) is 13.2. The first kappa shape index (κ1) is 17.5. The molecule has 0 bridgehead atoms. The molecule has 0 saturated carbocycles. The minimum absolute atomic E-state index is 0.0217. The third-order valence-electron chi connectivity index (χ3n) is 3.51. The molecule has 0 aliphatic carbocycles. The predicted octanol–water partition coefficient (Wildman–Crippen LogP) is 2.90. The summed E-state index contributed by atoms with van der Waals surface area (Å²) in [4.78, 5) is 0.138. The SMILES string of the molecule is CCS(=O)(=O)c1ccc(S(=O)(=O)Nc2cc(C)ccc2C)cc1. The molecule has 0 amide bonds. The molecule has 124 valence electrons. The maximum Gasteiger partial charge on any atom is 0.261 e. The van der Waals surface area contributed by atoms with Gasteiger partial charge in [0.15, 0.2) is 9.84 Å². The molecule has 0 unspecified atom stereocenters. The first-order valence-electron chi connectivity index (χ1n) is 7.08. The molecule has 23 heavy (non-hydrogen) atoms. The lowest BCUT2D eigenvalue weighted by molar-refractivity contribution is 0.595. The van der Waals surface area contributed by atoms with Crippen molar-refractivity contribution in [2.24, 2.45) is 0 Å². The summed E-state index contributed by atoms with van der Waals surface area (Å²) in [5, 5.41) is 0. The van der Waals surface area contributed by atoms with Crippen LogP contribution in [0.2, 0.25) is 0 Å². The molecule has 0 saturated heterocycles. The van der Waals surface area contributed by atoms with Gasteiger partial charge in [0.05, 0.1) is 21.2 Å². The first-order valence-corrected chi connectivity index (χ1v) is 10.2. The molecule has 1 N–H and O–H groups in total. The van der Waals surface area contributed by atoms with Crippen LogP contribution < -0.4 is 4.72 Å². The second-order valence-corrected chi connectivity index (χ2v) is 9.26. The Hall–Kier alpha value is -1.86. The van der Waals surface area contributed by atoms with Crippen molar-refractivity contribution in [2.45, 2.75) is 30.6 Å². The molecule has 5 nitrogen and oxygen atoms in total. The number of nitrogens with one attached hydrogen (secondary N) is 1. The van der Waals surface area contributed by atoms with Crippen LogP contribution in [0, 0.1) is 13.8 Å².